The Bertz CT molecular complexity index is 1040. The zero-order valence-corrected chi connectivity index (χ0v) is 18.8. The third kappa shape index (κ3) is 5.75. The van der Waals surface area contributed by atoms with Crippen molar-refractivity contribution in [3.8, 4) is 15.6 Å². The minimum Gasteiger partial charge on any atom is -0.481 e. The van der Waals surface area contributed by atoms with Crippen LogP contribution in [0.1, 0.15) is 37.2 Å². The molecule has 3 aromatic rings. The molecule has 31 heavy (non-hydrogen) atoms. The van der Waals surface area contributed by atoms with E-state index >= 15 is 0 Å². The number of nitrogens with zero attached hydrogens (tertiary/aromatic N) is 2. The molecule has 0 aliphatic rings. The van der Waals surface area contributed by atoms with Gasteiger partial charge in [-0.3, -0.25) is 4.79 Å². The number of aliphatic hydroxyl groups is 1. The lowest BCUT2D eigenvalue weighted by Gasteiger charge is -2.16. The second kappa shape index (κ2) is 9.67. The average Bonchev–Trinajstić information content (AvgIpc) is 3.31. The van der Waals surface area contributed by atoms with Crippen LogP contribution < -0.4 is 15.4 Å². The first-order valence-corrected chi connectivity index (χ1v) is 11.0. The summed E-state index contributed by atoms with van der Waals surface area (Å²) in [6, 6.07) is 3.54. The number of carbonyl (C=O) groups excluding carboxylic acids is 1. The van der Waals surface area contributed by atoms with Gasteiger partial charge >= 0.3 is 0 Å². The van der Waals surface area contributed by atoms with E-state index in [1.165, 1.54) is 12.3 Å². The van der Waals surface area contributed by atoms with E-state index in [1.807, 2.05) is 0 Å². The maximum absolute atomic E-state index is 14.1. The van der Waals surface area contributed by atoms with Crippen molar-refractivity contribution in [2.75, 3.05) is 24.3 Å². The third-order valence-corrected chi connectivity index (χ3v) is 6.00. The zero-order valence-electron chi connectivity index (χ0n) is 17.2. The SMILES string of the molecule is CNc1sc(-c2c(F)cccc2F)nc1C(=O)Nc1cnsc1OCCCC(C)(C)O. The molecule has 166 valence electrons. The number of anilines is 2. The van der Waals surface area contributed by atoms with Crippen molar-refractivity contribution in [1.82, 2.24) is 9.36 Å². The molecule has 2 aromatic heterocycles. The summed E-state index contributed by atoms with van der Waals surface area (Å²) in [5.74, 6) is -2.08. The first-order valence-electron chi connectivity index (χ1n) is 9.44. The number of halogens is 2. The second-order valence-electron chi connectivity index (χ2n) is 7.29. The Labute approximate surface area is 186 Å². The third-order valence-electron chi connectivity index (χ3n) is 4.20. The van der Waals surface area contributed by atoms with E-state index in [2.05, 4.69) is 20.0 Å². The van der Waals surface area contributed by atoms with Gasteiger partial charge in [-0.15, -0.1) is 0 Å². The van der Waals surface area contributed by atoms with E-state index in [9.17, 15) is 18.7 Å². The number of amides is 1. The highest BCUT2D eigenvalue weighted by Gasteiger charge is 2.23. The number of rotatable bonds is 9. The van der Waals surface area contributed by atoms with Crippen LogP contribution >= 0.6 is 22.9 Å². The summed E-state index contributed by atoms with van der Waals surface area (Å²) in [5, 5.41) is 16.1. The van der Waals surface area contributed by atoms with Gasteiger partial charge in [0.15, 0.2) is 5.69 Å². The number of ether oxygens (including phenoxy) is 1. The van der Waals surface area contributed by atoms with Crippen LogP contribution in [0.3, 0.4) is 0 Å². The fourth-order valence-corrected chi connectivity index (χ4v) is 4.28. The van der Waals surface area contributed by atoms with Gasteiger partial charge in [0, 0.05) is 18.6 Å². The molecule has 11 heteroatoms. The lowest BCUT2D eigenvalue weighted by Crippen LogP contribution is -2.19. The minimum absolute atomic E-state index is 0.00401. The Kier molecular flexibility index (Phi) is 7.19. The van der Waals surface area contributed by atoms with Crippen molar-refractivity contribution in [1.29, 1.82) is 0 Å². The van der Waals surface area contributed by atoms with Gasteiger partial charge < -0.3 is 20.5 Å². The predicted octanol–water partition coefficient (Wildman–Crippen LogP) is 4.77. The van der Waals surface area contributed by atoms with Crippen LogP contribution in [0.5, 0.6) is 5.06 Å². The molecule has 0 aliphatic carbocycles. The van der Waals surface area contributed by atoms with Crippen LogP contribution in [-0.2, 0) is 0 Å². The van der Waals surface area contributed by atoms with Crippen molar-refractivity contribution >= 4 is 39.5 Å². The van der Waals surface area contributed by atoms with E-state index in [1.54, 1.807) is 20.9 Å². The highest BCUT2D eigenvalue weighted by Crippen LogP contribution is 2.36. The van der Waals surface area contributed by atoms with Crippen LogP contribution in [0.25, 0.3) is 10.6 Å². The maximum Gasteiger partial charge on any atom is 0.277 e. The molecule has 7 nitrogen and oxygen atoms in total. The van der Waals surface area contributed by atoms with E-state index in [4.69, 9.17) is 4.74 Å². The van der Waals surface area contributed by atoms with E-state index in [0.29, 0.717) is 35.2 Å². The van der Waals surface area contributed by atoms with Crippen molar-refractivity contribution < 1.29 is 23.4 Å². The molecule has 0 aliphatic heterocycles. The van der Waals surface area contributed by atoms with Crippen LogP contribution in [0.15, 0.2) is 24.4 Å². The van der Waals surface area contributed by atoms with Gasteiger partial charge in [0.25, 0.3) is 5.91 Å². The summed E-state index contributed by atoms with van der Waals surface area (Å²) in [5.41, 5.74) is -0.690. The second-order valence-corrected chi connectivity index (χ2v) is 9.05. The fourth-order valence-electron chi connectivity index (χ4n) is 2.72. The standard InChI is InChI=1S/C20H22F2N4O3S2/c1-20(2,28)8-5-9-29-19-13(10-24-31-19)25-16(27)15-18(23-3)30-17(26-15)14-11(21)6-4-7-12(14)22/h4,6-7,10,23,28H,5,8-9H2,1-3H3,(H,25,27). The molecular formula is C20H22F2N4O3S2. The van der Waals surface area contributed by atoms with Gasteiger partial charge in [-0.2, -0.15) is 4.37 Å². The average molecular weight is 469 g/mol. The smallest absolute Gasteiger partial charge is 0.277 e. The minimum atomic E-state index is -0.780. The van der Waals surface area contributed by atoms with Crippen molar-refractivity contribution in [3.05, 3.63) is 41.7 Å². The van der Waals surface area contributed by atoms with E-state index in [0.717, 1.165) is 35.0 Å². The Morgan fingerprint density at radius 3 is 2.65 bits per heavy atom. The Balaban J connectivity index is 1.75. The molecule has 0 saturated heterocycles. The largest absolute Gasteiger partial charge is 0.481 e. The highest BCUT2D eigenvalue weighted by molar-refractivity contribution is 7.19. The molecule has 0 radical (unpaired) electrons. The number of thiazole rings is 1. The van der Waals surface area contributed by atoms with Gasteiger partial charge in [0.05, 0.1) is 24.0 Å². The van der Waals surface area contributed by atoms with Gasteiger partial charge in [-0.05, 0) is 38.8 Å². The molecule has 0 fully saturated rings. The van der Waals surface area contributed by atoms with Crippen molar-refractivity contribution in [3.63, 3.8) is 0 Å². The summed E-state index contributed by atoms with van der Waals surface area (Å²) in [6.45, 7) is 3.80. The number of hydrogen-bond acceptors (Lipinski definition) is 8. The lowest BCUT2D eigenvalue weighted by molar-refractivity contribution is 0.0643. The van der Waals surface area contributed by atoms with Crippen LogP contribution in [0, 0.1) is 11.6 Å². The van der Waals surface area contributed by atoms with Crippen molar-refractivity contribution in [2.24, 2.45) is 0 Å². The van der Waals surface area contributed by atoms with Gasteiger partial charge in [-0.25, -0.2) is 13.8 Å². The predicted molar refractivity (Wildman–Crippen MR) is 118 cm³/mol. The Morgan fingerprint density at radius 1 is 1.29 bits per heavy atom. The number of nitrogens with one attached hydrogen (secondary N) is 2. The Hall–Kier alpha value is -2.63. The molecule has 2 heterocycles. The van der Waals surface area contributed by atoms with E-state index in [-0.39, 0.29) is 16.3 Å². The molecular weight excluding hydrogens is 446 g/mol. The molecule has 0 spiro atoms. The highest BCUT2D eigenvalue weighted by atomic mass is 32.1. The summed E-state index contributed by atoms with van der Waals surface area (Å²) in [7, 11) is 1.59. The van der Waals surface area contributed by atoms with Crippen LogP contribution in [-0.4, -0.2) is 39.6 Å². The topological polar surface area (TPSA) is 96.4 Å². The fraction of sp³-hybridized carbons (Fsp3) is 0.350. The molecule has 3 N–H and O–H groups in total. The molecule has 1 amide bonds. The van der Waals surface area contributed by atoms with Crippen LogP contribution in [0.4, 0.5) is 19.5 Å². The summed E-state index contributed by atoms with van der Waals surface area (Å²) >= 11 is 2.05. The van der Waals surface area contributed by atoms with Gasteiger partial charge in [0.1, 0.15) is 27.3 Å². The van der Waals surface area contributed by atoms with E-state index < -0.39 is 23.1 Å². The monoisotopic (exact) mass is 468 g/mol. The molecule has 3 rings (SSSR count). The Morgan fingerprint density at radius 2 is 2.00 bits per heavy atom. The summed E-state index contributed by atoms with van der Waals surface area (Å²) in [4.78, 5) is 17.0. The normalized spacial score (nSPS) is 11.4. The summed E-state index contributed by atoms with van der Waals surface area (Å²) < 4.78 is 38.0. The molecule has 0 saturated carbocycles. The summed E-state index contributed by atoms with van der Waals surface area (Å²) in [6.07, 6.45) is 2.65. The van der Waals surface area contributed by atoms with Crippen LogP contribution in [0.2, 0.25) is 0 Å². The first-order chi connectivity index (χ1) is 14.7. The number of aromatic nitrogens is 2. The number of hydrogen-bond donors (Lipinski definition) is 3. The first kappa shape index (κ1) is 23.0. The zero-order chi connectivity index (χ0) is 22.6. The number of benzene rings is 1. The van der Waals surface area contributed by atoms with Gasteiger partial charge in [-0.1, -0.05) is 17.4 Å². The molecule has 0 bridgehead atoms. The lowest BCUT2D eigenvalue weighted by atomic mass is 10.0. The quantitative estimate of drug-likeness (QED) is 0.392. The maximum atomic E-state index is 14.1. The molecule has 0 atom stereocenters. The van der Waals surface area contributed by atoms with Gasteiger partial charge in [0.2, 0.25) is 5.06 Å². The molecule has 0 unspecified atom stereocenters. The number of carbonyl (C=O) groups is 1. The molecule has 1 aromatic carbocycles. The van der Waals surface area contributed by atoms with Crippen molar-refractivity contribution in [2.45, 2.75) is 32.3 Å².